The lowest BCUT2D eigenvalue weighted by Gasteiger charge is -2.15. The van der Waals surface area contributed by atoms with Gasteiger partial charge in [0.25, 0.3) is 5.91 Å². The second kappa shape index (κ2) is 7.26. The lowest BCUT2D eigenvalue weighted by molar-refractivity contribution is -0.123. The number of nitrogens with one attached hydrogen (secondary N) is 2. The van der Waals surface area contributed by atoms with Crippen molar-refractivity contribution in [2.24, 2.45) is 5.92 Å². The van der Waals surface area contributed by atoms with Gasteiger partial charge in [0.05, 0.1) is 6.10 Å². The molecule has 1 aliphatic rings. The molecule has 0 aliphatic carbocycles. The van der Waals surface area contributed by atoms with Gasteiger partial charge in [-0.3, -0.25) is 4.79 Å². The second-order valence-corrected chi connectivity index (χ2v) is 5.04. The summed E-state index contributed by atoms with van der Waals surface area (Å²) in [7, 11) is 0. The fraction of sp³-hybridized carbons (Fsp3) is 0.533. The molecule has 0 bridgehead atoms. The molecule has 1 aliphatic heterocycles. The van der Waals surface area contributed by atoms with E-state index in [1.165, 1.54) is 0 Å². The van der Waals surface area contributed by atoms with Crippen LogP contribution in [0.3, 0.4) is 0 Å². The van der Waals surface area contributed by atoms with Crippen LogP contribution < -0.4 is 15.4 Å². The summed E-state index contributed by atoms with van der Waals surface area (Å²) >= 11 is 0. The van der Waals surface area contributed by atoms with E-state index < -0.39 is 0 Å². The van der Waals surface area contributed by atoms with Crippen LogP contribution in [0.15, 0.2) is 24.3 Å². The minimum Gasteiger partial charge on any atom is -0.483 e. The molecule has 5 nitrogen and oxygen atoms in total. The Bertz CT molecular complexity index is 450. The Hall–Kier alpha value is -1.59. The molecule has 3 N–H and O–H groups in total. The quantitative estimate of drug-likeness (QED) is 0.701. The predicted octanol–water partition coefficient (Wildman–Crippen LogP) is 0.324. The third-order valence-corrected chi connectivity index (χ3v) is 3.58. The van der Waals surface area contributed by atoms with E-state index in [0.717, 1.165) is 24.3 Å². The molecule has 1 aromatic rings. The zero-order valence-electron chi connectivity index (χ0n) is 11.8. The first-order valence-electron chi connectivity index (χ1n) is 7.07. The van der Waals surface area contributed by atoms with Gasteiger partial charge in [0.1, 0.15) is 5.75 Å². The maximum Gasteiger partial charge on any atom is 0.257 e. The van der Waals surface area contributed by atoms with Gasteiger partial charge in [-0.2, -0.15) is 0 Å². The van der Waals surface area contributed by atoms with Crippen LogP contribution in [0.4, 0.5) is 0 Å². The summed E-state index contributed by atoms with van der Waals surface area (Å²) in [6.45, 7) is 3.87. The van der Waals surface area contributed by atoms with Crippen LogP contribution >= 0.6 is 0 Å². The number of carbonyl (C=O) groups is 1. The minimum absolute atomic E-state index is 0.00720. The molecule has 110 valence electrons. The van der Waals surface area contributed by atoms with E-state index in [4.69, 9.17) is 4.74 Å². The summed E-state index contributed by atoms with van der Waals surface area (Å²) in [5.74, 6) is 0.685. The predicted molar refractivity (Wildman–Crippen MR) is 76.7 cm³/mol. The standard InChI is InChI=1S/C15H22N2O3/c1-2-11-5-3-4-6-14(11)20-10-15(19)17-8-12-7-16-9-13(12)18/h3-6,12-13,16,18H,2,7-10H2,1H3,(H,17,19). The lowest BCUT2D eigenvalue weighted by atomic mass is 10.1. The third kappa shape index (κ3) is 3.95. The highest BCUT2D eigenvalue weighted by Gasteiger charge is 2.24. The summed E-state index contributed by atoms with van der Waals surface area (Å²) in [6, 6.07) is 7.72. The highest BCUT2D eigenvalue weighted by molar-refractivity contribution is 5.77. The number of benzene rings is 1. The van der Waals surface area contributed by atoms with Gasteiger partial charge in [0.15, 0.2) is 6.61 Å². The maximum atomic E-state index is 11.7. The molecule has 0 spiro atoms. The molecule has 1 amide bonds. The van der Waals surface area contributed by atoms with Gasteiger partial charge >= 0.3 is 0 Å². The van der Waals surface area contributed by atoms with Gasteiger partial charge in [-0.1, -0.05) is 25.1 Å². The van der Waals surface area contributed by atoms with Crippen LogP contribution in [0.1, 0.15) is 12.5 Å². The van der Waals surface area contributed by atoms with Crippen molar-refractivity contribution in [3.05, 3.63) is 29.8 Å². The first kappa shape index (κ1) is 14.8. The van der Waals surface area contributed by atoms with Crippen LogP contribution in [-0.2, 0) is 11.2 Å². The topological polar surface area (TPSA) is 70.6 Å². The Morgan fingerprint density at radius 3 is 2.95 bits per heavy atom. The van der Waals surface area contributed by atoms with Gasteiger partial charge in [0.2, 0.25) is 0 Å². The number of aryl methyl sites for hydroxylation is 1. The van der Waals surface area contributed by atoms with Gasteiger partial charge in [-0.05, 0) is 18.1 Å². The highest BCUT2D eigenvalue weighted by atomic mass is 16.5. The first-order valence-corrected chi connectivity index (χ1v) is 7.07. The largest absolute Gasteiger partial charge is 0.483 e. The Kier molecular flexibility index (Phi) is 5.38. The SMILES string of the molecule is CCc1ccccc1OCC(=O)NCC1CNCC1O. The molecular weight excluding hydrogens is 256 g/mol. The number of rotatable bonds is 6. The van der Waals surface area contributed by atoms with E-state index in [-0.39, 0.29) is 24.5 Å². The molecule has 5 heteroatoms. The molecule has 2 atom stereocenters. The van der Waals surface area contributed by atoms with Gasteiger partial charge in [0, 0.05) is 25.6 Å². The summed E-state index contributed by atoms with van der Waals surface area (Å²) in [6.07, 6.45) is 0.495. The Morgan fingerprint density at radius 1 is 1.45 bits per heavy atom. The summed E-state index contributed by atoms with van der Waals surface area (Å²) in [4.78, 5) is 11.7. The van der Waals surface area contributed by atoms with Crippen molar-refractivity contribution >= 4 is 5.91 Å². The number of β-amino-alcohol motifs (C(OH)–C–C–N with tert-alkyl or cyclic N) is 1. The number of aliphatic hydroxyl groups excluding tert-OH is 1. The average Bonchev–Trinajstić information content (AvgIpc) is 2.88. The van der Waals surface area contributed by atoms with E-state index in [9.17, 15) is 9.90 Å². The molecule has 20 heavy (non-hydrogen) atoms. The van der Waals surface area contributed by atoms with Crippen molar-refractivity contribution in [1.29, 1.82) is 0 Å². The van der Waals surface area contributed by atoms with Crippen molar-refractivity contribution in [1.82, 2.24) is 10.6 Å². The number of ether oxygens (including phenoxy) is 1. The van der Waals surface area contributed by atoms with E-state index in [2.05, 4.69) is 17.6 Å². The number of hydrogen-bond donors (Lipinski definition) is 3. The molecule has 2 unspecified atom stereocenters. The minimum atomic E-state index is -0.378. The van der Waals surface area contributed by atoms with Crippen LogP contribution in [0.2, 0.25) is 0 Å². The zero-order valence-corrected chi connectivity index (χ0v) is 11.8. The van der Waals surface area contributed by atoms with E-state index in [0.29, 0.717) is 13.1 Å². The van der Waals surface area contributed by atoms with Crippen molar-refractivity contribution in [2.75, 3.05) is 26.2 Å². The number of carbonyl (C=O) groups excluding carboxylic acids is 1. The molecule has 1 fully saturated rings. The lowest BCUT2D eigenvalue weighted by Crippen LogP contribution is -2.36. The Labute approximate surface area is 119 Å². The fourth-order valence-corrected chi connectivity index (χ4v) is 2.30. The molecule has 1 aromatic carbocycles. The summed E-state index contributed by atoms with van der Waals surface area (Å²) in [5.41, 5.74) is 1.09. The summed E-state index contributed by atoms with van der Waals surface area (Å²) in [5, 5.41) is 15.5. The molecule has 0 radical (unpaired) electrons. The van der Waals surface area contributed by atoms with Gasteiger partial charge in [-0.15, -0.1) is 0 Å². The molecular formula is C15H22N2O3. The van der Waals surface area contributed by atoms with Crippen molar-refractivity contribution in [3.63, 3.8) is 0 Å². The molecule has 1 heterocycles. The maximum absolute atomic E-state index is 11.7. The molecule has 1 saturated heterocycles. The number of para-hydroxylation sites is 1. The highest BCUT2D eigenvalue weighted by Crippen LogP contribution is 2.17. The number of aliphatic hydroxyl groups is 1. The third-order valence-electron chi connectivity index (χ3n) is 3.58. The normalized spacial score (nSPS) is 21.7. The van der Waals surface area contributed by atoms with Crippen LogP contribution in [0, 0.1) is 5.92 Å². The van der Waals surface area contributed by atoms with Crippen LogP contribution in [0.25, 0.3) is 0 Å². The summed E-state index contributed by atoms with van der Waals surface area (Å²) < 4.78 is 5.54. The van der Waals surface area contributed by atoms with Gasteiger partial charge < -0.3 is 20.5 Å². The van der Waals surface area contributed by atoms with Crippen LogP contribution in [0.5, 0.6) is 5.75 Å². The first-order chi connectivity index (χ1) is 9.70. The Balaban J connectivity index is 1.74. The molecule has 2 rings (SSSR count). The smallest absolute Gasteiger partial charge is 0.257 e. The monoisotopic (exact) mass is 278 g/mol. The average molecular weight is 278 g/mol. The van der Waals surface area contributed by atoms with Crippen molar-refractivity contribution in [2.45, 2.75) is 19.4 Å². The van der Waals surface area contributed by atoms with E-state index >= 15 is 0 Å². The molecule has 0 saturated carbocycles. The second-order valence-electron chi connectivity index (χ2n) is 5.04. The molecule has 0 aromatic heterocycles. The Morgan fingerprint density at radius 2 is 2.25 bits per heavy atom. The number of amides is 1. The van der Waals surface area contributed by atoms with Crippen molar-refractivity contribution < 1.29 is 14.6 Å². The van der Waals surface area contributed by atoms with E-state index in [1.54, 1.807) is 0 Å². The number of hydrogen-bond acceptors (Lipinski definition) is 4. The van der Waals surface area contributed by atoms with Gasteiger partial charge in [-0.25, -0.2) is 0 Å². The van der Waals surface area contributed by atoms with Crippen LogP contribution in [-0.4, -0.2) is 43.4 Å². The van der Waals surface area contributed by atoms with Crippen molar-refractivity contribution in [3.8, 4) is 5.75 Å². The fourth-order valence-electron chi connectivity index (χ4n) is 2.30. The zero-order chi connectivity index (χ0) is 14.4. The van der Waals surface area contributed by atoms with E-state index in [1.807, 2.05) is 24.3 Å².